The van der Waals surface area contributed by atoms with Gasteiger partial charge in [0.2, 0.25) is 0 Å². The number of likely N-dealkylation sites (tertiary alicyclic amines) is 1. The van der Waals surface area contributed by atoms with Crippen LogP contribution >= 0.6 is 0 Å². The van der Waals surface area contributed by atoms with Gasteiger partial charge in [0.1, 0.15) is 0 Å². The van der Waals surface area contributed by atoms with E-state index < -0.39 is 23.1 Å². The monoisotopic (exact) mass is 427 g/mol. The third-order valence-electron chi connectivity index (χ3n) is 8.28. The number of carbonyl (C=O) groups is 2. The molecule has 1 saturated heterocycles. The molecule has 6 rings (SSSR count). The lowest BCUT2D eigenvalue weighted by molar-refractivity contribution is -0.188. The number of methoxy groups -OCH3 is 1. The van der Waals surface area contributed by atoms with Gasteiger partial charge in [-0.1, -0.05) is 6.07 Å². The zero-order valence-corrected chi connectivity index (χ0v) is 17.9. The van der Waals surface area contributed by atoms with Crippen LogP contribution in [0.15, 0.2) is 12.1 Å². The van der Waals surface area contributed by atoms with Crippen LogP contribution in [0, 0.1) is 5.92 Å². The molecule has 1 N–H and O–H groups in total. The highest BCUT2D eigenvalue weighted by atomic mass is 16.6. The molecule has 3 aliphatic carbocycles. The Hall–Kier alpha value is -1.96. The van der Waals surface area contributed by atoms with Gasteiger partial charge in [0.15, 0.2) is 23.4 Å². The van der Waals surface area contributed by atoms with Gasteiger partial charge in [-0.2, -0.15) is 0 Å². The van der Waals surface area contributed by atoms with Gasteiger partial charge in [0.05, 0.1) is 24.0 Å². The third kappa shape index (κ3) is 2.63. The SMILES string of the molecule is COCCC(=O)Oc1ccc2c3c1O[C@H]1C(=O)CC[C@@]4(O)[C@@H](C2)N(CC2CC2)CC[C@]314. The summed E-state index contributed by atoms with van der Waals surface area (Å²) >= 11 is 0. The number of esters is 1. The minimum absolute atomic E-state index is 0.00500. The maximum Gasteiger partial charge on any atom is 0.313 e. The molecule has 31 heavy (non-hydrogen) atoms. The summed E-state index contributed by atoms with van der Waals surface area (Å²) in [6, 6.07) is 3.77. The van der Waals surface area contributed by atoms with Crippen molar-refractivity contribution >= 4 is 11.8 Å². The Kier molecular flexibility index (Phi) is 4.30. The van der Waals surface area contributed by atoms with Crippen LogP contribution in [0.2, 0.25) is 0 Å². The lowest BCUT2D eigenvalue weighted by atomic mass is 9.49. The predicted molar refractivity (Wildman–Crippen MR) is 110 cm³/mol. The number of ketones is 1. The molecule has 1 aromatic carbocycles. The van der Waals surface area contributed by atoms with E-state index in [1.165, 1.54) is 20.0 Å². The summed E-state index contributed by atoms with van der Waals surface area (Å²) in [4.78, 5) is 27.8. The molecule has 2 heterocycles. The van der Waals surface area contributed by atoms with Gasteiger partial charge in [-0.3, -0.25) is 14.5 Å². The van der Waals surface area contributed by atoms with E-state index in [1.54, 1.807) is 6.07 Å². The van der Waals surface area contributed by atoms with Crippen molar-refractivity contribution in [3.05, 3.63) is 23.3 Å². The van der Waals surface area contributed by atoms with Crippen molar-refractivity contribution in [2.24, 2.45) is 5.92 Å². The molecule has 0 unspecified atom stereocenters. The second-order valence-electron chi connectivity index (χ2n) is 9.91. The first-order chi connectivity index (χ1) is 15.0. The second-order valence-corrected chi connectivity index (χ2v) is 9.91. The number of benzene rings is 1. The Morgan fingerprint density at radius 3 is 2.94 bits per heavy atom. The molecule has 1 aromatic rings. The first-order valence-corrected chi connectivity index (χ1v) is 11.5. The number of aliphatic hydroxyl groups is 1. The van der Waals surface area contributed by atoms with Gasteiger partial charge in [-0.15, -0.1) is 0 Å². The molecule has 0 amide bonds. The van der Waals surface area contributed by atoms with Crippen molar-refractivity contribution < 1.29 is 28.9 Å². The highest BCUT2D eigenvalue weighted by Gasteiger charge is 2.73. The van der Waals surface area contributed by atoms with Crippen molar-refractivity contribution in [2.75, 3.05) is 26.8 Å². The van der Waals surface area contributed by atoms with E-state index in [0.29, 0.717) is 30.8 Å². The van der Waals surface area contributed by atoms with Crippen LogP contribution in [0.3, 0.4) is 0 Å². The highest BCUT2D eigenvalue weighted by molar-refractivity contribution is 5.90. The normalized spacial score (nSPS) is 35.5. The van der Waals surface area contributed by atoms with Crippen LogP contribution in [0.25, 0.3) is 0 Å². The number of Topliss-reactive ketones (excluding diaryl/α,β-unsaturated/α-hetero) is 1. The Morgan fingerprint density at radius 1 is 1.32 bits per heavy atom. The van der Waals surface area contributed by atoms with Crippen molar-refractivity contribution in [3.8, 4) is 11.5 Å². The molecule has 3 fully saturated rings. The van der Waals surface area contributed by atoms with Gasteiger partial charge in [-0.05, 0) is 56.2 Å². The average molecular weight is 427 g/mol. The lowest BCUT2D eigenvalue weighted by Gasteiger charge is -2.62. The van der Waals surface area contributed by atoms with Gasteiger partial charge < -0.3 is 19.3 Å². The average Bonchev–Trinajstić information content (AvgIpc) is 3.49. The van der Waals surface area contributed by atoms with E-state index in [1.807, 2.05) is 6.07 Å². The number of ether oxygens (including phenoxy) is 3. The summed E-state index contributed by atoms with van der Waals surface area (Å²) in [5, 5.41) is 12.2. The van der Waals surface area contributed by atoms with Crippen LogP contribution in [0.5, 0.6) is 11.5 Å². The fourth-order valence-corrected chi connectivity index (χ4v) is 6.69. The zero-order valence-electron chi connectivity index (χ0n) is 17.9. The van der Waals surface area contributed by atoms with E-state index in [0.717, 1.165) is 36.6 Å². The largest absolute Gasteiger partial charge is 0.477 e. The molecule has 5 aliphatic rings. The number of hydrogen-bond acceptors (Lipinski definition) is 7. The number of hydrogen-bond donors (Lipinski definition) is 1. The van der Waals surface area contributed by atoms with Gasteiger partial charge in [-0.25, -0.2) is 0 Å². The summed E-state index contributed by atoms with van der Waals surface area (Å²) in [6.07, 6.45) is 4.19. The first-order valence-electron chi connectivity index (χ1n) is 11.5. The van der Waals surface area contributed by atoms with Crippen LogP contribution in [0.1, 0.15) is 49.7 Å². The van der Waals surface area contributed by atoms with Gasteiger partial charge in [0, 0.05) is 31.7 Å². The number of piperidine rings is 1. The van der Waals surface area contributed by atoms with Crippen LogP contribution in [0.4, 0.5) is 0 Å². The lowest BCUT2D eigenvalue weighted by Crippen LogP contribution is -2.76. The quantitative estimate of drug-likeness (QED) is 0.547. The van der Waals surface area contributed by atoms with Gasteiger partial charge in [0.25, 0.3) is 0 Å². The standard InChI is InChI=1S/C24H29NO6/c1-29-11-7-19(27)30-17-5-4-15-12-18-24(28)8-6-16(26)22-23(24,20(15)21(17)31-22)9-10-25(18)13-14-2-3-14/h4-5,14,18,22,28H,2-3,6-13H2,1H3/t18-,22+,23+,24-/m1/s1. The Balaban J connectivity index is 1.44. The summed E-state index contributed by atoms with van der Waals surface area (Å²) < 4.78 is 16.9. The molecule has 7 nitrogen and oxygen atoms in total. The molecule has 7 heteroatoms. The molecular formula is C24H29NO6. The molecule has 0 aromatic heterocycles. The smallest absolute Gasteiger partial charge is 0.313 e. The molecule has 1 spiro atoms. The van der Waals surface area contributed by atoms with Crippen molar-refractivity contribution in [1.82, 2.24) is 4.90 Å². The van der Waals surface area contributed by atoms with E-state index in [2.05, 4.69) is 4.90 Å². The minimum Gasteiger partial charge on any atom is -0.477 e. The third-order valence-corrected chi connectivity index (χ3v) is 8.28. The molecule has 2 bridgehead atoms. The molecular weight excluding hydrogens is 398 g/mol. The Morgan fingerprint density at radius 2 is 2.16 bits per heavy atom. The first kappa shape index (κ1) is 19.7. The maximum atomic E-state index is 13.0. The fraction of sp³-hybridized carbons (Fsp3) is 0.667. The minimum atomic E-state index is -1.00. The molecule has 2 aliphatic heterocycles. The van der Waals surface area contributed by atoms with Crippen molar-refractivity contribution in [1.29, 1.82) is 0 Å². The van der Waals surface area contributed by atoms with Crippen LogP contribution in [-0.2, 0) is 26.2 Å². The summed E-state index contributed by atoms with van der Waals surface area (Å²) in [5.74, 6) is 1.21. The predicted octanol–water partition coefficient (Wildman–Crippen LogP) is 1.76. The summed E-state index contributed by atoms with van der Waals surface area (Å²) in [7, 11) is 1.54. The van der Waals surface area contributed by atoms with Gasteiger partial charge >= 0.3 is 5.97 Å². The highest BCUT2D eigenvalue weighted by Crippen LogP contribution is 2.65. The molecule has 166 valence electrons. The van der Waals surface area contributed by atoms with E-state index in [4.69, 9.17) is 14.2 Å². The Bertz CT molecular complexity index is 958. The number of nitrogens with zero attached hydrogens (tertiary/aromatic N) is 1. The zero-order chi connectivity index (χ0) is 21.4. The molecule has 4 atom stereocenters. The molecule has 0 radical (unpaired) electrons. The van der Waals surface area contributed by atoms with Crippen molar-refractivity contribution in [3.63, 3.8) is 0 Å². The van der Waals surface area contributed by atoms with Crippen LogP contribution in [-0.4, -0.2) is 66.3 Å². The maximum absolute atomic E-state index is 13.0. The summed E-state index contributed by atoms with van der Waals surface area (Å²) in [6.45, 7) is 2.16. The molecule has 2 saturated carbocycles. The van der Waals surface area contributed by atoms with E-state index in [9.17, 15) is 14.7 Å². The van der Waals surface area contributed by atoms with E-state index >= 15 is 0 Å². The topological polar surface area (TPSA) is 85.3 Å². The fourth-order valence-electron chi connectivity index (χ4n) is 6.69. The number of carbonyl (C=O) groups excluding carboxylic acids is 2. The summed E-state index contributed by atoms with van der Waals surface area (Å²) in [5.41, 5.74) is 0.270. The van der Waals surface area contributed by atoms with Crippen LogP contribution < -0.4 is 9.47 Å². The second kappa shape index (κ2) is 6.77. The van der Waals surface area contributed by atoms with E-state index in [-0.39, 0.29) is 24.9 Å². The van der Waals surface area contributed by atoms with Crippen molar-refractivity contribution in [2.45, 2.75) is 68.1 Å². The Labute approximate surface area is 181 Å². The number of rotatable bonds is 6.